The van der Waals surface area contributed by atoms with Crippen LogP contribution in [-0.2, 0) is 11.3 Å². The van der Waals surface area contributed by atoms with E-state index in [1.807, 2.05) is 0 Å². The minimum Gasteiger partial charge on any atom is -0.497 e. The van der Waals surface area contributed by atoms with Crippen molar-refractivity contribution in [2.45, 2.75) is 13.5 Å². The first kappa shape index (κ1) is 21.9. The van der Waals surface area contributed by atoms with Gasteiger partial charge in [-0.15, -0.1) is 11.3 Å². The van der Waals surface area contributed by atoms with Gasteiger partial charge < -0.3 is 29.7 Å². The van der Waals surface area contributed by atoms with E-state index in [-0.39, 0.29) is 27.8 Å². The lowest BCUT2D eigenvalue weighted by atomic mass is 10.1. The van der Waals surface area contributed by atoms with Crippen LogP contribution in [0.3, 0.4) is 0 Å². The number of anilines is 1. The number of rotatable bonds is 8. The minimum atomic E-state index is -0.705. The smallest absolute Gasteiger partial charge is 0.341 e. The average molecular weight is 444 g/mol. The zero-order valence-corrected chi connectivity index (χ0v) is 17.8. The Morgan fingerprint density at radius 2 is 1.74 bits per heavy atom. The number of nitrogens with one attached hydrogen (secondary N) is 1. The Balaban J connectivity index is 1.71. The van der Waals surface area contributed by atoms with E-state index in [0.29, 0.717) is 22.8 Å². The number of hydrogen-bond acceptors (Lipinski definition) is 8. The molecule has 0 saturated heterocycles. The molecule has 0 aliphatic carbocycles. The van der Waals surface area contributed by atoms with Crippen LogP contribution in [0.2, 0.25) is 0 Å². The monoisotopic (exact) mass is 444 g/mol. The predicted octanol–water partition coefficient (Wildman–Crippen LogP) is 3.37. The second-order valence-electron chi connectivity index (χ2n) is 6.30. The molecule has 0 atom stereocenters. The van der Waals surface area contributed by atoms with Gasteiger partial charge in [0.2, 0.25) is 0 Å². The first-order chi connectivity index (χ1) is 14.8. The summed E-state index contributed by atoms with van der Waals surface area (Å²) in [5.74, 6) is -0.241. The third-order valence-electron chi connectivity index (χ3n) is 4.31. The molecule has 0 fully saturated rings. The van der Waals surface area contributed by atoms with Crippen molar-refractivity contribution >= 4 is 34.1 Å². The molecule has 9 nitrogen and oxygen atoms in total. The fraction of sp³-hybridized carbons (Fsp3) is 0.190. The van der Waals surface area contributed by atoms with Crippen molar-refractivity contribution in [1.82, 2.24) is 0 Å². The van der Waals surface area contributed by atoms with Crippen LogP contribution in [0.1, 0.15) is 41.9 Å². The van der Waals surface area contributed by atoms with E-state index in [0.717, 1.165) is 11.3 Å². The van der Waals surface area contributed by atoms with Gasteiger partial charge in [0.15, 0.2) is 5.76 Å². The first-order valence-electron chi connectivity index (χ1n) is 9.02. The second kappa shape index (κ2) is 9.35. The number of hydrogen-bond donors (Lipinski definition) is 2. The predicted molar refractivity (Wildman–Crippen MR) is 113 cm³/mol. The fourth-order valence-electron chi connectivity index (χ4n) is 2.75. The molecule has 1 aromatic carbocycles. The lowest BCUT2D eigenvalue weighted by Gasteiger charge is -2.06. The number of carbonyl (C=O) groups is 3. The fourth-order valence-corrected chi connectivity index (χ4v) is 3.80. The number of thiophene rings is 1. The number of ether oxygens (including phenoxy) is 3. The summed E-state index contributed by atoms with van der Waals surface area (Å²) < 4.78 is 21.0. The molecule has 0 unspecified atom stereocenters. The van der Waals surface area contributed by atoms with Crippen LogP contribution in [0.15, 0.2) is 40.8 Å². The van der Waals surface area contributed by atoms with E-state index in [9.17, 15) is 14.4 Å². The number of methoxy groups -OCH3 is 2. The van der Waals surface area contributed by atoms with Crippen molar-refractivity contribution in [3.8, 4) is 11.5 Å². The Morgan fingerprint density at radius 3 is 2.35 bits per heavy atom. The zero-order valence-electron chi connectivity index (χ0n) is 17.0. The van der Waals surface area contributed by atoms with Crippen LogP contribution in [0.5, 0.6) is 11.5 Å². The van der Waals surface area contributed by atoms with Crippen LogP contribution in [0.25, 0.3) is 0 Å². The van der Waals surface area contributed by atoms with Crippen molar-refractivity contribution < 1.29 is 33.0 Å². The molecule has 0 aliphatic heterocycles. The van der Waals surface area contributed by atoms with Crippen molar-refractivity contribution in [3.63, 3.8) is 0 Å². The number of benzene rings is 1. The summed E-state index contributed by atoms with van der Waals surface area (Å²) in [6.07, 6.45) is 0. The van der Waals surface area contributed by atoms with E-state index < -0.39 is 17.8 Å². The van der Waals surface area contributed by atoms with Crippen LogP contribution in [0, 0.1) is 6.92 Å². The molecule has 3 aromatic rings. The Kier molecular flexibility index (Phi) is 6.61. The molecule has 2 aromatic heterocycles. The summed E-state index contributed by atoms with van der Waals surface area (Å²) in [6.45, 7) is 1.66. The van der Waals surface area contributed by atoms with Crippen LogP contribution in [0.4, 0.5) is 5.00 Å². The van der Waals surface area contributed by atoms with E-state index in [2.05, 4.69) is 5.32 Å². The van der Waals surface area contributed by atoms with Gasteiger partial charge in [-0.1, -0.05) is 0 Å². The van der Waals surface area contributed by atoms with Crippen molar-refractivity contribution in [1.29, 1.82) is 0 Å². The molecule has 2 amide bonds. The molecule has 0 bridgehead atoms. The van der Waals surface area contributed by atoms with Crippen LogP contribution < -0.4 is 20.5 Å². The molecule has 0 radical (unpaired) electrons. The molecule has 10 heteroatoms. The summed E-state index contributed by atoms with van der Waals surface area (Å²) in [5, 5.41) is 2.73. The third kappa shape index (κ3) is 4.86. The molecule has 0 saturated carbocycles. The summed E-state index contributed by atoms with van der Waals surface area (Å²) in [7, 11) is 2.78. The average Bonchev–Trinajstić information content (AvgIpc) is 3.37. The Bertz CT molecular complexity index is 1120. The maximum Gasteiger partial charge on any atom is 0.341 e. The third-order valence-corrected chi connectivity index (χ3v) is 5.53. The number of carbonyl (C=O) groups excluding carboxylic acids is 3. The highest BCUT2D eigenvalue weighted by atomic mass is 32.1. The highest BCUT2D eigenvalue weighted by molar-refractivity contribution is 7.18. The van der Waals surface area contributed by atoms with Crippen molar-refractivity contribution in [2.75, 3.05) is 19.5 Å². The van der Waals surface area contributed by atoms with Gasteiger partial charge in [0, 0.05) is 0 Å². The number of primary amides is 1. The topological polar surface area (TPSA) is 130 Å². The van der Waals surface area contributed by atoms with E-state index in [1.54, 1.807) is 44.4 Å². The molecular weight excluding hydrogens is 424 g/mol. The highest BCUT2D eigenvalue weighted by Gasteiger charge is 2.26. The Morgan fingerprint density at radius 1 is 1.06 bits per heavy atom. The maximum atomic E-state index is 12.6. The number of esters is 1. The van der Waals surface area contributed by atoms with Gasteiger partial charge in [-0.2, -0.15) is 0 Å². The lowest BCUT2D eigenvalue weighted by molar-refractivity contribution is 0.0601. The number of amides is 2. The lowest BCUT2D eigenvalue weighted by Crippen LogP contribution is -2.14. The Labute approximate surface area is 181 Å². The largest absolute Gasteiger partial charge is 0.497 e. The van der Waals surface area contributed by atoms with Crippen molar-refractivity contribution in [2.24, 2.45) is 5.73 Å². The Hall–Kier alpha value is -3.79. The van der Waals surface area contributed by atoms with Gasteiger partial charge in [0.1, 0.15) is 28.9 Å². The summed E-state index contributed by atoms with van der Waals surface area (Å²) in [6, 6.07) is 10.1. The molecule has 2 heterocycles. The molecule has 0 aliphatic rings. The summed E-state index contributed by atoms with van der Waals surface area (Å²) in [4.78, 5) is 36.5. The van der Waals surface area contributed by atoms with E-state index >= 15 is 0 Å². The molecule has 31 heavy (non-hydrogen) atoms. The van der Waals surface area contributed by atoms with Crippen LogP contribution >= 0.6 is 11.3 Å². The maximum absolute atomic E-state index is 12.6. The standard InChI is InChI=1S/C21H20N2O7S/c1-11-16(21(26)28-3)20(31-17(11)18(22)24)23-19(25)15-9-8-14(30-15)10-29-13-6-4-12(27-2)5-7-13/h4-9H,10H2,1-3H3,(H2,22,24)(H,23,25). The minimum absolute atomic E-state index is 0.0100. The molecule has 3 N–H and O–H groups in total. The van der Waals surface area contributed by atoms with Gasteiger partial charge in [-0.3, -0.25) is 9.59 Å². The van der Waals surface area contributed by atoms with Gasteiger partial charge in [-0.25, -0.2) is 4.79 Å². The molecule has 0 spiro atoms. The SMILES string of the molecule is COC(=O)c1c(NC(=O)c2ccc(COc3ccc(OC)cc3)o2)sc(C(N)=O)c1C. The number of nitrogens with two attached hydrogens (primary N) is 1. The molecule has 162 valence electrons. The van der Waals surface area contributed by atoms with Gasteiger partial charge in [0.05, 0.1) is 24.7 Å². The summed E-state index contributed by atoms with van der Waals surface area (Å²) in [5.41, 5.74) is 5.76. The normalized spacial score (nSPS) is 10.4. The van der Waals surface area contributed by atoms with Crippen molar-refractivity contribution in [3.05, 3.63) is 63.9 Å². The van der Waals surface area contributed by atoms with E-state index in [1.165, 1.54) is 13.2 Å². The summed E-state index contributed by atoms with van der Waals surface area (Å²) >= 11 is 0.894. The van der Waals surface area contributed by atoms with Gasteiger partial charge >= 0.3 is 5.97 Å². The highest BCUT2D eigenvalue weighted by Crippen LogP contribution is 2.34. The zero-order chi connectivity index (χ0) is 22.5. The van der Waals surface area contributed by atoms with Crippen LogP contribution in [-0.4, -0.2) is 32.0 Å². The quantitative estimate of drug-likeness (QED) is 0.509. The first-order valence-corrected chi connectivity index (χ1v) is 9.84. The molecular formula is C21H20N2O7S. The second-order valence-corrected chi connectivity index (χ2v) is 7.32. The van der Waals surface area contributed by atoms with Gasteiger partial charge in [-0.05, 0) is 48.9 Å². The van der Waals surface area contributed by atoms with E-state index in [4.69, 9.17) is 24.4 Å². The number of furan rings is 1. The molecule has 3 rings (SSSR count). The van der Waals surface area contributed by atoms with Gasteiger partial charge in [0.25, 0.3) is 11.8 Å².